The summed E-state index contributed by atoms with van der Waals surface area (Å²) >= 11 is 0. The van der Waals surface area contributed by atoms with Gasteiger partial charge < -0.3 is 29.6 Å². The lowest BCUT2D eigenvalue weighted by atomic mass is 9.98. The quantitative estimate of drug-likeness (QED) is 0.392. The van der Waals surface area contributed by atoms with Gasteiger partial charge in [0.1, 0.15) is 5.82 Å². The normalized spacial score (nSPS) is 14.8. The Kier molecular flexibility index (Phi) is 4.67. The molecule has 0 amide bonds. The van der Waals surface area contributed by atoms with Gasteiger partial charge in [0.05, 0.1) is 42.5 Å². The standard InChI is InChI=1S/C24H22FN3O4/c1-24(12-32-13-24)28-18-9-8-15(26-14-6-4-3-5-7-14)10-17(18)27-23(28)16-11-19(31-2)21(29)22(30)20(16)25/h3-11,26,29-30H,12-13H2,1-2H3. The summed E-state index contributed by atoms with van der Waals surface area (Å²) in [5.74, 6) is -2.22. The molecule has 0 spiro atoms. The second-order valence-corrected chi connectivity index (χ2v) is 8.09. The van der Waals surface area contributed by atoms with Crippen molar-refractivity contribution in [2.24, 2.45) is 0 Å². The molecule has 7 nitrogen and oxygen atoms in total. The molecule has 1 fully saturated rings. The maximum Gasteiger partial charge on any atom is 0.203 e. The van der Waals surface area contributed by atoms with Gasteiger partial charge in [-0.1, -0.05) is 18.2 Å². The van der Waals surface area contributed by atoms with Crippen molar-refractivity contribution in [2.75, 3.05) is 25.6 Å². The van der Waals surface area contributed by atoms with Crippen molar-refractivity contribution in [3.8, 4) is 28.6 Å². The van der Waals surface area contributed by atoms with Crippen LogP contribution in [0, 0.1) is 5.82 Å². The Morgan fingerprint density at radius 2 is 1.81 bits per heavy atom. The van der Waals surface area contributed by atoms with E-state index in [-0.39, 0.29) is 11.3 Å². The number of phenols is 2. The number of ether oxygens (including phenoxy) is 2. The van der Waals surface area contributed by atoms with E-state index in [0.29, 0.717) is 24.6 Å². The Balaban J connectivity index is 1.70. The molecular weight excluding hydrogens is 413 g/mol. The van der Waals surface area contributed by atoms with Crippen LogP contribution in [0.15, 0.2) is 54.6 Å². The van der Waals surface area contributed by atoms with Crippen LogP contribution < -0.4 is 10.1 Å². The maximum atomic E-state index is 15.1. The van der Waals surface area contributed by atoms with Crippen LogP contribution in [0.25, 0.3) is 22.4 Å². The number of fused-ring (bicyclic) bond motifs is 1. The summed E-state index contributed by atoms with van der Waals surface area (Å²) in [4.78, 5) is 4.72. The predicted octanol–water partition coefficient (Wildman–Crippen LogP) is 4.75. The number of phenolic OH excluding ortho intramolecular Hbond substituents is 2. The minimum atomic E-state index is -0.966. The number of hydrogen-bond donors (Lipinski definition) is 3. The van der Waals surface area contributed by atoms with Gasteiger partial charge in [0, 0.05) is 11.4 Å². The van der Waals surface area contributed by atoms with Crippen LogP contribution in [0.3, 0.4) is 0 Å². The second kappa shape index (κ2) is 7.42. The van der Waals surface area contributed by atoms with E-state index in [1.54, 1.807) is 0 Å². The third-order valence-corrected chi connectivity index (χ3v) is 5.72. The molecule has 1 aliphatic rings. The van der Waals surface area contributed by atoms with Crippen molar-refractivity contribution in [1.29, 1.82) is 0 Å². The van der Waals surface area contributed by atoms with E-state index in [2.05, 4.69) is 5.32 Å². The topological polar surface area (TPSA) is 88.8 Å². The number of methoxy groups -OCH3 is 1. The number of imidazole rings is 1. The lowest BCUT2D eigenvalue weighted by Crippen LogP contribution is -2.49. The van der Waals surface area contributed by atoms with Gasteiger partial charge in [-0.25, -0.2) is 9.37 Å². The molecular formula is C24H22FN3O4. The largest absolute Gasteiger partial charge is 0.502 e. The Labute approximate surface area is 183 Å². The summed E-state index contributed by atoms with van der Waals surface area (Å²) in [6.45, 7) is 2.89. The van der Waals surface area contributed by atoms with Crippen LogP contribution in [-0.2, 0) is 10.3 Å². The summed E-state index contributed by atoms with van der Waals surface area (Å²) in [6.07, 6.45) is 0. The van der Waals surface area contributed by atoms with Crippen molar-refractivity contribution >= 4 is 22.4 Å². The number of hydrogen-bond acceptors (Lipinski definition) is 6. The van der Waals surface area contributed by atoms with E-state index in [4.69, 9.17) is 14.5 Å². The molecule has 3 aromatic carbocycles. The molecule has 1 aromatic heterocycles. The van der Waals surface area contributed by atoms with Crippen LogP contribution in [0.5, 0.6) is 17.2 Å². The van der Waals surface area contributed by atoms with Crippen molar-refractivity contribution in [3.63, 3.8) is 0 Å². The van der Waals surface area contributed by atoms with Gasteiger partial charge in [0.15, 0.2) is 17.3 Å². The summed E-state index contributed by atoms with van der Waals surface area (Å²) in [6, 6.07) is 16.8. The Morgan fingerprint density at radius 1 is 1.06 bits per heavy atom. The van der Waals surface area contributed by atoms with Gasteiger partial charge in [0.25, 0.3) is 0 Å². The minimum Gasteiger partial charge on any atom is -0.502 e. The van der Waals surface area contributed by atoms with E-state index in [1.807, 2.05) is 60.0 Å². The molecule has 5 rings (SSSR count). The fourth-order valence-electron chi connectivity index (χ4n) is 4.03. The highest BCUT2D eigenvalue weighted by atomic mass is 19.1. The van der Waals surface area contributed by atoms with Gasteiger partial charge in [-0.15, -0.1) is 0 Å². The molecule has 1 aliphatic heterocycles. The SMILES string of the molecule is COc1cc(-c2nc3cc(Nc4ccccc4)ccc3n2C2(C)COC2)c(F)c(O)c1O. The summed E-state index contributed by atoms with van der Waals surface area (Å²) in [5.41, 5.74) is 2.81. The van der Waals surface area contributed by atoms with Crippen molar-refractivity contribution in [3.05, 3.63) is 60.4 Å². The average Bonchev–Trinajstić information content (AvgIpc) is 3.15. The molecule has 164 valence electrons. The number of aromatic hydroxyl groups is 2. The highest BCUT2D eigenvalue weighted by molar-refractivity contribution is 5.86. The van der Waals surface area contributed by atoms with Gasteiger partial charge in [-0.3, -0.25) is 0 Å². The highest BCUT2D eigenvalue weighted by Gasteiger charge is 2.39. The van der Waals surface area contributed by atoms with Crippen molar-refractivity contribution in [1.82, 2.24) is 9.55 Å². The van der Waals surface area contributed by atoms with Crippen LogP contribution in [0.1, 0.15) is 6.92 Å². The van der Waals surface area contributed by atoms with Gasteiger partial charge in [-0.05, 0) is 43.3 Å². The first-order chi connectivity index (χ1) is 15.4. The molecule has 8 heteroatoms. The van der Waals surface area contributed by atoms with Gasteiger partial charge in [0.2, 0.25) is 5.75 Å². The average molecular weight is 435 g/mol. The minimum absolute atomic E-state index is 0.0269. The maximum absolute atomic E-state index is 15.1. The molecule has 0 unspecified atom stereocenters. The van der Waals surface area contributed by atoms with E-state index in [9.17, 15) is 10.2 Å². The zero-order chi connectivity index (χ0) is 22.5. The fourth-order valence-corrected chi connectivity index (χ4v) is 4.03. The number of anilines is 2. The van der Waals surface area contributed by atoms with E-state index in [0.717, 1.165) is 16.9 Å². The lowest BCUT2D eigenvalue weighted by Gasteiger charge is -2.40. The van der Waals surface area contributed by atoms with E-state index >= 15 is 4.39 Å². The number of nitrogens with one attached hydrogen (secondary N) is 1. The molecule has 0 saturated carbocycles. The highest BCUT2D eigenvalue weighted by Crippen LogP contribution is 2.45. The van der Waals surface area contributed by atoms with Crippen molar-refractivity contribution in [2.45, 2.75) is 12.5 Å². The first kappa shape index (κ1) is 20.1. The molecule has 3 N–H and O–H groups in total. The third kappa shape index (κ3) is 3.11. The Hall–Kier alpha value is -3.78. The summed E-state index contributed by atoms with van der Waals surface area (Å²) in [7, 11) is 1.34. The van der Waals surface area contributed by atoms with E-state index in [1.165, 1.54) is 13.2 Å². The molecule has 4 aromatic rings. The smallest absolute Gasteiger partial charge is 0.203 e. The summed E-state index contributed by atoms with van der Waals surface area (Å²) < 4.78 is 27.6. The lowest BCUT2D eigenvalue weighted by molar-refractivity contribution is -0.0868. The first-order valence-electron chi connectivity index (χ1n) is 10.1. The molecule has 0 radical (unpaired) electrons. The van der Waals surface area contributed by atoms with Crippen LogP contribution >= 0.6 is 0 Å². The zero-order valence-electron chi connectivity index (χ0n) is 17.6. The third-order valence-electron chi connectivity index (χ3n) is 5.72. The number of halogens is 1. The predicted molar refractivity (Wildman–Crippen MR) is 119 cm³/mol. The summed E-state index contributed by atoms with van der Waals surface area (Å²) in [5, 5.41) is 23.5. The van der Waals surface area contributed by atoms with Gasteiger partial charge in [-0.2, -0.15) is 0 Å². The second-order valence-electron chi connectivity index (χ2n) is 8.09. The number of nitrogens with zero attached hydrogens (tertiary/aromatic N) is 2. The van der Waals surface area contributed by atoms with Gasteiger partial charge >= 0.3 is 0 Å². The first-order valence-corrected chi connectivity index (χ1v) is 10.1. The Morgan fingerprint density at radius 3 is 2.47 bits per heavy atom. The molecule has 32 heavy (non-hydrogen) atoms. The number of para-hydroxylation sites is 1. The molecule has 0 atom stereocenters. The molecule has 0 aliphatic carbocycles. The van der Waals surface area contributed by atoms with E-state index < -0.39 is 22.9 Å². The molecule has 0 bridgehead atoms. The van der Waals surface area contributed by atoms with Crippen LogP contribution in [0.4, 0.5) is 15.8 Å². The number of rotatable bonds is 5. The fraction of sp³-hybridized carbons (Fsp3) is 0.208. The molecule has 1 saturated heterocycles. The Bertz CT molecular complexity index is 1320. The van der Waals surface area contributed by atoms with Crippen LogP contribution in [0.2, 0.25) is 0 Å². The van der Waals surface area contributed by atoms with Crippen molar-refractivity contribution < 1.29 is 24.1 Å². The number of benzene rings is 3. The van der Waals surface area contributed by atoms with Crippen LogP contribution in [-0.4, -0.2) is 40.1 Å². The number of aromatic nitrogens is 2. The monoisotopic (exact) mass is 435 g/mol. The zero-order valence-corrected chi connectivity index (χ0v) is 17.6. The molecule has 2 heterocycles.